The first-order chi connectivity index (χ1) is 14.5. The lowest BCUT2D eigenvalue weighted by molar-refractivity contribution is 0.0842. The van der Waals surface area contributed by atoms with E-state index >= 15 is 0 Å². The monoisotopic (exact) mass is 428 g/mol. The van der Waals surface area contributed by atoms with Crippen LogP contribution in [0.1, 0.15) is 10.6 Å². The van der Waals surface area contributed by atoms with Gasteiger partial charge in [-0.3, -0.25) is 0 Å². The molecule has 2 heterocycles. The molecule has 30 heavy (non-hydrogen) atoms. The summed E-state index contributed by atoms with van der Waals surface area (Å²) in [5.41, 5.74) is 1.33. The van der Waals surface area contributed by atoms with E-state index in [0.29, 0.717) is 11.3 Å². The van der Waals surface area contributed by atoms with Crippen molar-refractivity contribution in [2.45, 2.75) is 6.10 Å². The number of thiazole rings is 1. The Morgan fingerprint density at radius 1 is 1.40 bits per heavy atom. The Labute approximate surface area is 175 Å². The average molecular weight is 428 g/mol. The summed E-state index contributed by atoms with van der Waals surface area (Å²) in [7, 11) is 1.35. The first-order valence-corrected chi connectivity index (χ1v) is 9.52. The molecule has 0 aliphatic heterocycles. The van der Waals surface area contributed by atoms with Crippen LogP contribution in [0.3, 0.4) is 0 Å². The summed E-state index contributed by atoms with van der Waals surface area (Å²) in [6.07, 6.45) is 4.01. The summed E-state index contributed by atoms with van der Waals surface area (Å²) in [6, 6.07) is 5.29. The number of nitrogens with zero attached hydrogens (tertiary/aromatic N) is 4. The molecule has 0 radical (unpaired) electrons. The predicted molar refractivity (Wildman–Crippen MR) is 111 cm³/mol. The topological polar surface area (TPSA) is 109 Å². The van der Waals surface area contributed by atoms with Crippen LogP contribution in [-0.4, -0.2) is 57.7 Å². The third kappa shape index (κ3) is 5.50. The van der Waals surface area contributed by atoms with Crippen molar-refractivity contribution in [2.24, 2.45) is 0 Å². The Morgan fingerprint density at radius 3 is 2.87 bits per heavy atom. The van der Waals surface area contributed by atoms with Crippen molar-refractivity contribution >= 4 is 39.7 Å². The minimum Gasteiger partial charge on any atom is -0.491 e. The molecule has 0 spiro atoms. The fraction of sp³-hybridized carbons (Fsp3) is 0.200. The van der Waals surface area contributed by atoms with Gasteiger partial charge in [0.2, 0.25) is 5.95 Å². The summed E-state index contributed by atoms with van der Waals surface area (Å²) in [4.78, 5) is 24.1. The summed E-state index contributed by atoms with van der Waals surface area (Å²) >= 11 is 1.44. The molecule has 0 saturated carbocycles. The van der Waals surface area contributed by atoms with E-state index in [0.717, 1.165) is 20.1 Å². The Morgan fingerprint density at radius 2 is 2.17 bits per heavy atom. The highest BCUT2D eigenvalue weighted by Gasteiger charge is 2.10. The van der Waals surface area contributed by atoms with Crippen molar-refractivity contribution in [3.05, 3.63) is 47.2 Å². The van der Waals surface area contributed by atoms with Crippen LogP contribution in [0.2, 0.25) is 0 Å². The van der Waals surface area contributed by atoms with Crippen LogP contribution in [0.4, 0.5) is 15.1 Å². The summed E-state index contributed by atoms with van der Waals surface area (Å²) in [5.74, 6) is 6.32. The maximum absolute atomic E-state index is 12.3. The number of aliphatic hydroxyl groups excluding tert-OH is 1. The van der Waals surface area contributed by atoms with Crippen molar-refractivity contribution in [2.75, 3.05) is 25.2 Å². The zero-order valence-corrected chi connectivity index (χ0v) is 16.6. The molecule has 2 aromatic heterocycles. The van der Waals surface area contributed by atoms with Gasteiger partial charge in [0, 0.05) is 19.4 Å². The molecule has 1 atom stereocenters. The molecule has 0 saturated heterocycles. The van der Waals surface area contributed by atoms with Crippen LogP contribution < -0.4 is 9.64 Å². The van der Waals surface area contributed by atoms with Gasteiger partial charge in [-0.25, -0.2) is 29.0 Å². The van der Waals surface area contributed by atoms with Crippen molar-refractivity contribution in [1.29, 1.82) is 0 Å². The number of aromatic nitrogens is 3. The average Bonchev–Trinajstić information content (AvgIpc) is 3.16. The molecule has 1 unspecified atom stereocenters. The Kier molecular flexibility index (Phi) is 6.90. The number of allylic oxidation sites excluding steroid dienone is 1. The molecular weight excluding hydrogens is 411 g/mol. The second-order valence-electron chi connectivity index (χ2n) is 6.02. The van der Waals surface area contributed by atoms with E-state index in [-0.39, 0.29) is 12.6 Å². The van der Waals surface area contributed by atoms with Gasteiger partial charge in [-0.15, -0.1) is 11.3 Å². The van der Waals surface area contributed by atoms with Gasteiger partial charge in [0.25, 0.3) is 0 Å². The SMILES string of the molecule is CN(C(=O)O)c1ncc(C#C/C=C/c2nc3ccc(OCC(O)CF)cc3s2)cn1. The first-order valence-electron chi connectivity index (χ1n) is 8.70. The first kappa shape index (κ1) is 21.2. The van der Waals surface area contributed by atoms with E-state index in [4.69, 9.17) is 9.84 Å². The maximum atomic E-state index is 12.3. The van der Waals surface area contributed by atoms with Gasteiger partial charge in [-0.1, -0.05) is 11.8 Å². The molecule has 3 rings (SSSR count). The zero-order valence-electron chi connectivity index (χ0n) is 15.8. The Balaban J connectivity index is 1.64. The lowest BCUT2D eigenvalue weighted by Crippen LogP contribution is -2.25. The molecule has 3 aromatic rings. The van der Waals surface area contributed by atoms with Crippen molar-refractivity contribution in [1.82, 2.24) is 15.0 Å². The van der Waals surface area contributed by atoms with E-state index in [2.05, 4.69) is 26.8 Å². The minimum absolute atomic E-state index is 0.0700. The molecular formula is C20H17FN4O4S. The van der Waals surface area contributed by atoms with E-state index < -0.39 is 18.9 Å². The number of benzene rings is 1. The van der Waals surface area contributed by atoms with Crippen molar-refractivity contribution in [3.8, 4) is 17.6 Å². The number of hydrogen-bond donors (Lipinski definition) is 2. The lowest BCUT2D eigenvalue weighted by Gasteiger charge is -2.09. The van der Waals surface area contributed by atoms with Crippen LogP contribution in [-0.2, 0) is 0 Å². The normalized spacial score (nSPS) is 11.8. The van der Waals surface area contributed by atoms with E-state index in [9.17, 15) is 14.3 Å². The smallest absolute Gasteiger partial charge is 0.413 e. The van der Waals surface area contributed by atoms with E-state index in [1.165, 1.54) is 30.8 Å². The number of ether oxygens (including phenoxy) is 1. The number of rotatable bonds is 6. The quantitative estimate of drug-likeness (QED) is 0.581. The van der Waals surface area contributed by atoms with Crippen LogP contribution in [0, 0.1) is 11.8 Å². The largest absolute Gasteiger partial charge is 0.491 e. The van der Waals surface area contributed by atoms with Gasteiger partial charge < -0.3 is 14.9 Å². The number of anilines is 1. The number of aliphatic hydroxyl groups is 1. The van der Waals surface area contributed by atoms with E-state index in [1.54, 1.807) is 30.4 Å². The maximum Gasteiger partial charge on any atom is 0.413 e. The molecule has 2 N–H and O–H groups in total. The highest BCUT2D eigenvalue weighted by molar-refractivity contribution is 7.19. The number of carboxylic acid groups (broad SMARTS) is 1. The summed E-state index contributed by atoms with van der Waals surface area (Å²) in [6.45, 7) is -0.963. The third-order valence-electron chi connectivity index (χ3n) is 3.75. The predicted octanol–water partition coefficient (Wildman–Crippen LogP) is 2.97. The van der Waals surface area contributed by atoms with Crippen LogP contribution >= 0.6 is 11.3 Å². The Hall–Kier alpha value is -3.55. The zero-order chi connectivity index (χ0) is 21.5. The van der Waals surface area contributed by atoms with Crippen molar-refractivity contribution in [3.63, 3.8) is 0 Å². The van der Waals surface area contributed by atoms with Crippen LogP contribution in [0.5, 0.6) is 5.75 Å². The lowest BCUT2D eigenvalue weighted by atomic mass is 10.3. The fourth-order valence-corrected chi connectivity index (χ4v) is 3.10. The molecule has 0 aliphatic rings. The Bertz CT molecular complexity index is 1120. The van der Waals surface area contributed by atoms with Gasteiger partial charge in [-0.2, -0.15) is 0 Å². The molecule has 1 amide bonds. The highest BCUT2D eigenvalue weighted by atomic mass is 32.1. The molecule has 0 bridgehead atoms. The summed E-state index contributed by atoms with van der Waals surface area (Å²) in [5, 5.41) is 18.9. The second kappa shape index (κ2) is 9.78. The second-order valence-corrected chi connectivity index (χ2v) is 7.08. The number of halogens is 1. The third-order valence-corrected chi connectivity index (χ3v) is 4.73. The van der Waals surface area contributed by atoms with Gasteiger partial charge in [0.05, 0.1) is 15.8 Å². The number of carbonyl (C=O) groups is 1. The van der Waals surface area contributed by atoms with Gasteiger partial charge in [-0.05, 0) is 30.4 Å². The number of alkyl halides is 1. The molecule has 1 aromatic carbocycles. The molecule has 0 fully saturated rings. The van der Waals surface area contributed by atoms with Gasteiger partial charge in [0.1, 0.15) is 30.1 Å². The number of hydrogen-bond acceptors (Lipinski definition) is 7. The molecule has 8 nitrogen and oxygen atoms in total. The van der Waals surface area contributed by atoms with Crippen LogP contribution in [0.15, 0.2) is 36.7 Å². The molecule has 154 valence electrons. The minimum atomic E-state index is -1.15. The van der Waals surface area contributed by atoms with E-state index in [1.807, 2.05) is 0 Å². The van der Waals surface area contributed by atoms with Crippen LogP contribution in [0.25, 0.3) is 16.3 Å². The summed E-state index contributed by atoms with van der Waals surface area (Å²) < 4.78 is 18.5. The number of amides is 1. The van der Waals surface area contributed by atoms with Gasteiger partial charge >= 0.3 is 6.09 Å². The standard InChI is InChI=1S/C20H17FN4O4S/c1-25(20(27)28)19-22-10-13(11-23-19)4-2-3-5-18-24-16-7-6-15(8-17(16)30-18)29-12-14(26)9-21/h3,5-8,10-11,14,26H,9,12H2,1H3,(H,27,28)/b5-3+. The van der Waals surface area contributed by atoms with Crippen molar-refractivity contribution < 1.29 is 24.1 Å². The molecule has 0 aliphatic carbocycles. The van der Waals surface area contributed by atoms with Gasteiger partial charge in [0.15, 0.2) is 0 Å². The molecule has 10 heteroatoms. The number of fused-ring (bicyclic) bond motifs is 1. The highest BCUT2D eigenvalue weighted by Crippen LogP contribution is 2.27. The fourth-order valence-electron chi connectivity index (χ4n) is 2.20.